The van der Waals surface area contributed by atoms with Crippen molar-refractivity contribution in [3.05, 3.63) is 28.2 Å². The normalized spacial score (nSPS) is 12.1. The Morgan fingerprint density at radius 3 is 2.46 bits per heavy atom. The number of rotatable bonds is 5. The van der Waals surface area contributed by atoms with E-state index < -0.39 is 12.0 Å². The minimum Gasteiger partial charge on any atom is -0.480 e. The zero-order valence-corrected chi connectivity index (χ0v) is 13.6. The summed E-state index contributed by atoms with van der Waals surface area (Å²) >= 11 is 11.9. The van der Waals surface area contributed by atoms with Gasteiger partial charge in [0.05, 0.1) is 10.0 Å². The van der Waals surface area contributed by atoms with Crippen LogP contribution in [-0.4, -0.2) is 37.4 Å². The lowest BCUT2D eigenvalue weighted by Gasteiger charge is -2.14. The summed E-state index contributed by atoms with van der Waals surface area (Å²) in [6, 6.07) is 4.00. The van der Waals surface area contributed by atoms with Crippen LogP contribution in [0.25, 0.3) is 11.3 Å². The number of carboxylic acid groups (broad SMARTS) is 1. The van der Waals surface area contributed by atoms with Crippen molar-refractivity contribution in [3.63, 3.8) is 0 Å². The molecule has 0 aliphatic heterocycles. The van der Waals surface area contributed by atoms with Gasteiger partial charge < -0.3 is 15.7 Å². The highest BCUT2D eigenvalue weighted by Crippen LogP contribution is 2.29. The first-order valence-electron chi connectivity index (χ1n) is 6.66. The highest BCUT2D eigenvalue weighted by molar-refractivity contribution is 6.42. The minimum absolute atomic E-state index is 0.148. The summed E-state index contributed by atoms with van der Waals surface area (Å²) in [5, 5.41) is 22.7. The monoisotopic (exact) mass is 368 g/mol. The van der Waals surface area contributed by atoms with E-state index in [1.165, 1.54) is 6.92 Å². The number of fused-ring (bicyclic) bond motifs is 1. The van der Waals surface area contributed by atoms with Crippen LogP contribution in [0.3, 0.4) is 0 Å². The van der Waals surface area contributed by atoms with Crippen LogP contribution in [-0.2, 0) is 4.79 Å². The molecule has 0 spiro atoms. The Morgan fingerprint density at radius 1 is 1.17 bits per heavy atom. The number of carbonyl (C=O) groups is 1. The number of nitrogens with zero attached hydrogens (tertiary/aromatic N) is 4. The third kappa shape index (κ3) is 3.31. The maximum atomic E-state index is 11.1. The predicted octanol–water partition coefficient (Wildman–Crippen LogP) is 2.95. The Kier molecular flexibility index (Phi) is 4.36. The smallest absolute Gasteiger partial charge is 0.325 e. The van der Waals surface area contributed by atoms with Gasteiger partial charge in [-0.1, -0.05) is 23.2 Å². The maximum Gasteiger partial charge on any atom is 0.325 e. The van der Waals surface area contributed by atoms with E-state index in [-0.39, 0.29) is 22.9 Å². The van der Waals surface area contributed by atoms with Crippen molar-refractivity contribution in [2.24, 2.45) is 0 Å². The summed E-state index contributed by atoms with van der Waals surface area (Å²) in [6.45, 7) is 1.47. The molecular formula is C13H10Cl2N6O3. The molecule has 0 aliphatic carbocycles. The molecule has 9 nitrogen and oxygen atoms in total. The zero-order valence-electron chi connectivity index (χ0n) is 12.1. The van der Waals surface area contributed by atoms with Crippen LogP contribution in [0.5, 0.6) is 0 Å². The summed E-state index contributed by atoms with van der Waals surface area (Å²) in [6.07, 6.45) is 0. The third-order valence-electron chi connectivity index (χ3n) is 3.02. The highest BCUT2D eigenvalue weighted by atomic mass is 35.5. The van der Waals surface area contributed by atoms with Gasteiger partial charge in [0.2, 0.25) is 11.3 Å². The van der Waals surface area contributed by atoms with E-state index in [4.69, 9.17) is 28.3 Å². The molecule has 0 fully saturated rings. The van der Waals surface area contributed by atoms with Gasteiger partial charge in [-0.05, 0) is 35.4 Å². The van der Waals surface area contributed by atoms with Gasteiger partial charge in [0.25, 0.3) is 0 Å². The van der Waals surface area contributed by atoms with Gasteiger partial charge in [0.1, 0.15) is 6.04 Å². The second kappa shape index (κ2) is 6.46. The van der Waals surface area contributed by atoms with Crippen molar-refractivity contribution < 1.29 is 14.5 Å². The van der Waals surface area contributed by atoms with Gasteiger partial charge in [-0.15, -0.1) is 0 Å². The van der Waals surface area contributed by atoms with E-state index >= 15 is 0 Å². The number of halogens is 2. The fourth-order valence-corrected chi connectivity index (χ4v) is 2.10. The minimum atomic E-state index is -1.05. The van der Waals surface area contributed by atoms with Crippen molar-refractivity contribution >= 4 is 57.8 Å². The topological polar surface area (TPSA) is 126 Å². The van der Waals surface area contributed by atoms with Crippen molar-refractivity contribution in [2.75, 3.05) is 10.6 Å². The van der Waals surface area contributed by atoms with Crippen LogP contribution in [0.2, 0.25) is 10.0 Å². The Balaban J connectivity index is 2.00. The lowest BCUT2D eigenvalue weighted by atomic mass is 10.3. The Hall–Kier alpha value is -2.65. The number of aromatic nitrogens is 4. The lowest BCUT2D eigenvalue weighted by Crippen LogP contribution is -2.26. The Morgan fingerprint density at radius 2 is 1.83 bits per heavy atom. The lowest BCUT2D eigenvalue weighted by molar-refractivity contribution is -0.137. The van der Waals surface area contributed by atoms with Gasteiger partial charge in [-0.3, -0.25) is 4.79 Å². The molecule has 0 amide bonds. The number of benzene rings is 1. The van der Waals surface area contributed by atoms with Crippen LogP contribution in [0.15, 0.2) is 22.8 Å². The second-order valence-electron chi connectivity index (χ2n) is 4.79. The van der Waals surface area contributed by atoms with Crippen molar-refractivity contribution in [2.45, 2.75) is 13.0 Å². The molecule has 11 heteroatoms. The first kappa shape index (κ1) is 16.2. The number of aliphatic carboxylic acids is 1. The summed E-state index contributed by atoms with van der Waals surface area (Å²) < 4.78 is 4.58. The average molecular weight is 369 g/mol. The summed E-state index contributed by atoms with van der Waals surface area (Å²) in [5.41, 5.74) is 0.904. The molecule has 2 aromatic heterocycles. The fourth-order valence-electron chi connectivity index (χ4n) is 1.80. The molecule has 0 saturated heterocycles. The first-order chi connectivity index (χ1) is 11.4. The van der Waals surface area contributed by atoms with Gasteiger partial charge in [0.15, 0.2) is 11.6 Å². The van der Waals surface area contributed by atoms with E-state index in [0.717, 1.165) is 0 Å². The number of nitrogens with one attached hydrogen (secondary N) is 2. The first-order valence-corrected chi connectivity index (χ1v) is 7.41. The van der Waals surface area contributed by atoms with Crippen molar-refractivity contribution in [1.29, 1.82) is 0 Å². The van der Waals surface area contributed by atoms with E-state index in [2.05, 4.69) is 35.5 Å². The Labute approximate surface area is 145 Å². The summed E-state index contributed by atoms with van der Waals surface area (Å²) in [7, 11) is 0. The second-order valence-corrected chi connectivity index (χ2v) is 5.60. The molecule has 0 saturated carbocycles. The molecule has 0 radical (unpaired) electrons. The third-order valence-corrected chi connectivity index (χ3v) is 3.76. The molecule has 124 valence electrons. The van der Waals surface area contributed by atoms with Crippen LogP contribution in [0.4, 0.5) is 17.3 Å². The van der Waals surface area contributed by atoms with Gasteiger partial charge in [-0.2, -0.15) is 0 Å². The van der Waals surface area contributed by atoms with Crippen LogP contribution < -0.4 is 10.6 Å². The number of carboxylic acids is 1. The molecule has 3 N–H and O–H groups in total. The zero-order chi connectivity index (χ0) is 17.3. The summed E-state index contributed by atoms with van der Waals surface area (Å²) in [4.78, 5) is 19.4. The number of hydrogen-bond donors (Lipinski definition) is 3. The average Bonchev–Trinajstić information content (AvgIpc) is 2.98. The molecule has 24 heavy (non-hydrogen) atoms. The molecule has 0 aliphatic rings. The number of anilines is 3. The SMILES string of the molecule is CC(Nc1nc2nonc2nc1Nc1ccc(Cl)c(Cl)c1)C(=O)O. The van der Waals surface area contributed by atoms with E-state index in [1.807, 2.05) is 0 Å². The Bertz CT molecular complexity index is 916. The van der Waals surface area contributed by atoms with Gasteiger partial charge in [0, 0.05) is 5.69 Å². The van der Waals surface area contributed by atoms with Crippen molar-refractivity contribution in [3.8, 4) is 0 Å². The van der Waals surface area contributed by atoms with Gasteiger partial charge in [-0.25, -0.2) is 14.6 Å². The van der Waals surface area contributed by atoms with Crippen LogP contribution in [0, 0.1) is 0 Å². The molecule has 3 rings (SSSR count). The van der Waals surface area contributed by atoms with Crippen LogP contribution in [0.1, 0.15) is 6.92 Å². The molecule has 1 aromatic carbocycles. The van der Waals surface area contributed by atoms with E-state index in [0.29, 0.717) is 15.7 Å². The molecule has 0 bridgehead atoms. The number of hydrogen-bond acceptors (Lipinski definition) is 8. The van der Waals surface area contributed by atoms with Crippen LogP contribution >= 0.6 is 23.2 Å². The van der Waals surface area contributed by atoms with E-state index in [1.54, 1.807) is 18.2 Å². The largest absolute Gasteiger partial charge is 0.480 e. The van der Waals surface area contributed by atoms with Gasteiger partial charge >= 0.3 is 5.97 Å². The maximum absolute atomic E-state index is 11.1. The van der Waals surface area contributed by atoms with E-state index in [9.17, 15) is 4.79 Å². The predicted molar refractivity (Wildman–Crippen MR) is 87.9 cm³/mol. The molecule has 3 aromatic rings. The van der Waals surface area contributed by atoms with Crippen molar-refractivity contribution in [1.82, 2.24) is 20.3 Å². The quantitative estimate of drug-likeness (QED) is 0.622. The summed E-state index contributed by atoms with van der Waals surface area (Å²) in [5.74, 6) is -0.625. The molecule has 1 unspecified atom stereocenters. The standard InChI is InChI=1S/C13H10Cl2N6O3/c1-5(13(22)23)16-9-10(19-12-11(18-9)20-24-21-12)17-6-2-3-7(14)8(15)4-6/h2-5H,1H3,(H,22,23)(H,16,18,20)(H,17,19,21). The molecule has 1 atom stereocenters. The highest BCUT2D eigenvalue weighted by Gasteiger charge is 2.18. The molecular weight excluding hydrogens is 359 g/mol. The fraction of sp³-hybridized carbons (Fsp3) is 0.154. The molecule has 2 heterocycles.